The monoisotopic (exact) mass is 365 g/mol. The maximum absolute atomic E-state index is 12.3. The van der Waals surface area contributed by atoms with Gasteiger partial charge < -0.3 is 19.5 Å². The number of fused-ring (bicyclic) bond motifs is 1. The summed E-state index contributed by atoms with van der Waals surface area (Å²) in [6.07, 6.45) is 1.86. The minimum absolute atomic E-state index is 0.225. The summed E-state index contributed by atoms with van der Waals surface area (Å²) < 4.78 is 16.4. The summed E-state index contributed by atoms with van der Waals surface area (Å²) in [5.74, 6) is 2.42. The van der Waals surface area contributed by atoms with Crippen molar-refractivity contribution in [3.63, 3.8) is 0 Å². The van der Waals surface area contributed by atoms with Gasteiger partial charge in [-0.05, 0) is 48.9 Å². The molecule has 7 nitrogen and oxygen atoms in total. The van der Waals surface area contributed by atoms with E-state index in [0.717, 1.165) is 18.5 Å². The summed E-state index contributed by atoms with van der Waals surface area (Å²) in [6.45, 7) is 2.30. The number of nitrogens with one attached hydrogen (secondary N) is 2. The van der Waals surface area contributed by atoms with E-state index < -0.39 is 0 Å². The molecule has 2 N–H and O–H groups in total. The number of aromatic amines is 1. The van der Waals surface area contributed by atoms with Gasteiger partial charge in [0.2, 0.25) is 6.79 Å². The third kappa shape index (κ3) is 3.87. The van der Waals surface area contributed by atoms with Gasteiger partial charge in [-0.25, -0.2) is 0 Å². The van der Waals surface area contributed by atoms with Crippen LogP contribution in [-0.2, 0) is 6.42 Å². The Labute approximate surface area is 156 Å². The molecule has 1 amide bonds. The fourth-order valence-corrected chi connectivity index (χ4v) is 2.75. The molecule has 0 bridgehead atoms. The minimum atomic E-state index is -0.252. The van der Waals surface area contributed by atoms with E-state index in [9.17, 15) is 4.79 Å². The summed E-state index contributed by atoms with van der Waals surface area (Å²) in [6, 6.07) is 14.3. The predicted molar refractivity (Wildman–Crippen MR) is 99.6 cm³/mol. The van der Waals surface area contributed by atoms with Crippen molar-refractivity contribution in [3.05, 3.63) is 59.9 Å². The number of aromatic nitrogens is 2. The first-order valence-electron chi connectivity index (χ1n) is 8.74. The van der Waals surface area contributed by atoms with Crippen LogP contribution in [0.25, 0.3) is 0 Å². The molecule has 7 heteroatoms. The van der Waals surface area contributed by atoms with Crippen LogP contribution in [0.3, 0.4) is 0 Å². The first kappa shape index (κ1) is 17.0. The van der Waals surface area contributed by atoms with Gasteiger partial charge in [0, 0.05) is 17.4 Å². The van der Waals surface area contributed by atoms with E-state index in [-0.39, 0.29) is 12.7 Å². The van der Waals surface area contributed by atoms with Crippen molar-refractivity contribution in [1.29, 1.82) is 0 Å². The van der Waals surface area contributed by atoms with E-state index in [1.165, 1.54) is 0 Å². The lowest BCUT2D eigenvalue weighted by atomic mass is 10.2. The van der Waals surface area contributed by atoms with E-state index in [4.69, 9.17) is 14.2 Å². The van der Waals surface area contributed by atoms with Crippen molar-refractivity contribution in [1.82, 2.24) is 10.2 Å². The highest BCUT2D eigenvalue weighted by molar-refractivity contribution is 6.02. The molecule has 4 rings (SSSR count). The average molecular weight is 365 g/mol. The minimum Gasteiger partial charge on any atom is -0.457 e. The lowest BCUT2D eigenvalue weighted by molar-refractivity contribution is 0.102. The zero-order valence-electron chi connectivity index (χ0n) is 14.8. The average Bonchev–Trinajstić information content (AvgIpc) is 3.32. The van der Waals surface area contributed by atoms with Crippen molar-refractivity contribution in [2.75, 3.05) is 12.1 Å². The molecule has 2 aromatic carbocycles. The van der Waals surface area contributed by atoms with Crippen LogP contribution < -0.4 is 19.5 Å². The number of aryl methyl sites for hydroxylation is 1. The van der Waals surface area contributed by atoms with Crippen LogP contribution in [0, 0.1) is 0 Å². The molecular formula is C20H19N3O4. The lowest BCUT2D eigenvalue weighted by Crippen LogP contribution is -2.12. The number of hydrogen-bond donors (Lipinski definition) is 2. The molecule has 138 valence electrons. The van der Waals surface area contributed by atoms with Gasteiger partial charge in [0.25, 0.3) is 5.91 Å². The summed E-state index contributed by atoms with van der Waals surface area (Å²) in [7, 11) is 0. The highest BCUT2D eigenvalue weighted by atomic mass is 16.7. The first-order chi connectivity index (χ1) is 13.2. The summed E-state index contributed by atoms with van der Waals surface area (Å²) in [5, 5.41) is 9.75. The molecule has 0 saturated carbocycles. The Morgan fingerprint density at radius 3 is 2.70 bits per heavy atom. The molecule has 27 heavy (non-hydrogen) atoms. The largest absolute Gasteiger partial charge is 0.457 e. The third-order valence-electron chi connectivity index (χ3n) is 4.07. The van der Waals surface area contributed by atoms with Crippen LogP contribution >= 0.6 is 0 Å². The van der Waals surface area contributed by atoms with Crippen LogP contribution in [0.1, 0.15) is 29.5 Å². The van der Waals surface area contributed by atoms with E-state index in [1.54, 1.807) is 36.4 Å². The SMILES string of the molecule is CCCc1cc(C(=O)Nc2ccc(Oc3ccc4c(c3)OCO4)cc2)n[nH]1. The van der Waals surface area contributed by atoms with Crippen LogP contribution in [0.15, 0.2) is 48.5 Å². The van der Waals surface area contributed by atoms with Crippen LogP contribution in [0.2, 0.25) is 0 Å². The molecule has 0 spiro atoms. The van der Waals surface area contributed by atoms with Crippen LogP contribution in [-0.4, -0.2) is 22.9 Å². The second kappa shape index (κ2) is 7.41. The number of H-pyrrole nitrogens is 1. The van der Waals surface area contributed by atoms with Gasteiger partial charge in [-0.2, -0.15) is 5.10 Å². The number of rotatable bonds is 6. The van der Waals surface area contributed by atoms with Crippen LogP contribution in [0.5, 0.6) is 23.0 Å². The topological polar surface area (TPSA) is 85.5 Å². The number of benzene rings is 2. The molecule has 1 aromatic heterocycles. The van der Waals surface area contributed by atoms with Gasteiger partial charge in [-0.3, -0.25) is 9.89 Å². The van der Waals surface area contributed by atoms with Gasteiger partial charge in [-0.15, -0.1) is 0 Å². The van der Waals surface area contributed by atoms with E-state index in [1.807, 2.05) is 12.1 Å². The normalized spacial score (nSPS) is 12.0. The fraction of sp³-hybridized carbons (Fsp3) is 0.200. The molecule has 0 fully saturated rings. The van der Waals surface area contributed by atoms with Gasteiger partial charge in [0.15, 0.2) is 17.2 Å². The number of hydrogen-bond acceptors (Lipinski definition) is 5. The molecule has 0 saturated heterocycles. The van der Waals surface area contributed by atoms with Gasteiger partial charge in [-0.1, -0.05) is 13.3 Å². The third-order valence-corrected chi connectivity index (χ3v) is 4.07. The Morgan fingerprint density at radius 1 is 1.11 bits per heavy atom. The predicted octanol–water partition coefficient (Wildman–Crippen LogP) is 4.14. The maximum Gasteiger partial charge on any atom is 0.276 e. The quantitative estimate of drug-likeness (QED) is 0.686. The first-order valence-corrected chi connectivity index (χ1v) is 8.74. The number of carbonyl (C=O) groups excluding carboxylic acids is 1. The van der Waals surface area contributed by atoms with Gasteiger partial charge in [0.1, 0.15) is 11.5 Å². The smallest absolute Gasteiger partial charge is 0.276 e. The molecular weight excluding hydrogens is 346 g/mol. The van der Waals surface area contributed by atoms with Gasteiger partial charge >= 0.3 is 0 Å². The van der Waals surface area contributed by atoms with Crippen molar-refractivity contribution in [2.45, 2.75) is 19.8 Å². The Balaban J connectivity index is 1.39. The number of ether oxygens (including phenoxy) is 3. The maximum atomic E-state index is 12.3. The molecule has 0 unspecified atom stereocenters. The summed E-state index contributed by atoms with van der Waals surface area (Å²) in [5.41, 5.74) is 1.99. The fourth-order valence-electron chi connectivity index (χ4n) is 2.75. The second-order valence-corrected chi connectivity index (χ2v) is 6.12. The molecule has 0 radical (unpaired) electrons. The molecule has 1 aliphatic heterocycles. The number of anilines is 1. The number of amides is 1. The number of carbonyl (C=O) groups is 1. The van der Waals surface area contributed by atoms with E-state index in [2.05, 4.69) is 22.4 Å². The van der Waals surface area contributed by atoms with E-state index >= 15 is 0 Å². The molecule has 2 heterocycles. The van der Waals surface area contributed by atoms with Crippen LogP contribution in [0.4, 0.5) is 5.69 Å². The molecule has 0 atom stereocenters. The van der Waals surface area contributed by atoms with Crippen molar-refractivity contribution in [3.8, 4) is 23.0 Å². The summed E-state index contributed by atoms with van der Waals surface area (Å²) >= 11 is 0. The molecule has 1 aliphatic rings. The van der Waals surface area contributed by atoms with Crippen molar-refractivity contribution >= 4 is 11.6 Å². The van der Waals surface area contributed by atoms with Crippen molar-refractivity contribution in [2.24, 2.45) is 0 Å². The standard InChI is InChI=1S/C20H19N3O4/c1-2-3-14-10-17(23-22-14)20(24)21-13-4-6-15(7-5-13)27-16-8-9-18-19(11-16)26-12-25-18/h4-11H,2-3,12H2,1H3,(H,21,24)(H,22,23). The van der Waals surface area contributed by atoms with Gasteiger partial charge in [0.05, 0.1) is 0 Å². The van der Waals surface area contributed by atoms with Crippen molar-refractivity contribution < 1.29 is 19.0 Å². The zero-order chi connectivity index (χ0) is 18.6. The molecule has 3 aromatic rings. The Kier molecular flexibility index (Phi) is 4.65. The number of nitrogens with zero attached hydrogens (tertiary/aromatic N) is 1. The Hall–Kier alpha value is -3.48. The molecule has 0 aliphatic carbocycles. The Bertz CT molecular complexity index is 950. The second-order valence-electron chi connectivity index (χ2n) is 6.12. The highest BCUT2D eigenvalue weighted by Gasteiger charge is 2.14. The van der Waals surface area contributed by atoms with E-state index in [0.29, 0.717) is 34.4 Å². The highest BCUT2D eigenvalue weighted by Crippen LogP contribution is 2.36. The Morgan fingerprint density at radius 2 is 1.89 bits per heavy atom. The lowest BCUT2D eigenvalue weighted by Gasteiger charge is -2.08. The zero-order valence-corrected chi connectivity index (χ0v) is 14.8. The summed E-state index contributed by atoms with van der Waals surface area (Å²) in [4.78, 5) is 12.3.